The Hall–Kier alpha value is -0.370. The average molecular weight is 211 g/mol. The molecule has 1 atom stereocenters. The Morgan fingerprint density at radius 3 is 2.15 bits per heavy atom. The summed E-state index contributed by atoms with van der Waals surface area (Å²) in [5.74, 6) is -0.958. The number of rotatable bonds is 4. The van der Waals surface area contributed by atoms with Gasteiger partial charge in [-0.05, 0) is 11.7 Å². The normalized spacial score (nSPS) is 14.2. The largest absolute Gasteiger partial charge is 0.405 e. The fourth-order valence-electron chi connectivity index (χ4n) is 0.627. The summed E-state index contributed by atoms with van der Waals surface area (Å²) in [5, 5.41) is 8.24. The van der Waals surface area contributed by atoms with Crippen molar-refractivity contribution in [3.05, 3.63) is 0 Å². The lowest BCUT2D eigenvalue weighted by atomic mass is 10.2. The summed E-state index contributed by atoms with van der Waals surface area (Å²) in [6.45, 7) is 3.87. The minimum Gasteiger partial charge on any atom is -0.198 e. The van der Waals surface area contributed by atoms with Gasteiger partial charge in [-0.2, -0.15) is 30.2 Å². The smallest absolute Gasteiger partial charge is 0.198 e. The number of nitrogens with zero attached hydrogens (tertiary/aromatic N) is 1. The third-order valence-corrected chi connectivity index (χ3v) is 2.76. The Morgan fingerprint density at radius 1 is 1.31 bits per heavy atom. The van der Waals surface area contributed by atoms with Crippen LogP contribution in [0.25, 0.3) is 0 Å². The van der Waals surface area contributed by atoms with E-state index in [4.69, 9.17) is 5.26 Å². The molecule has 0 aromatic carbocycles. The molecule has 0 aromatic heterocycles. The molecule has 76 valence electrons. The summed E-state index contributed by atoms with van der Waals surface area (Å²) in [5.41, 5.74) is 0. The van der Waals surface area contributed by atoms with Crippen LogP contribution in [0.2, 0.25) is 0 Å². The first kappa shape index (κ1) is 12.6. The van der Waals surface area contributed by atoms with Gasteiger partial charge in [-0.25, -0.2) is 0 Å². The van der Waals surface area contributed by atoms with E-state index in [-0.39, 0.29) is 5.75 Å². The monoisotopic (exact) mass is 211 g/mol. The van der Waals surface area contributed by atoms with E-state index in [9.17, 15) is 13.2 Å². The molecule has 0 saturated heterocycles. The first-order chi connectivity index (χ1) is 5.88. The minimum atomic E-state index is -4.38. The van der Waals surface area contributed by atoms with E-state index in [0.717, 1.165) is 0 Å². The summed E-state index contributed by atoms with van der Waals surface area (Å²) >= 11 is 1.18. The van der Waals surface area contributed by atoms with Crippen molar-refractivity contribution < 1.29 is 13.2 Å². The maximum Gasteiger partial charge on any atom is 0.405 e. The van der Waals surface area contributed by atoms with Gasteiger partial charge in [0.05, 0.1) is 6.07 Å². The SMILES string of the molecule is CC(C)CSCC(C#N)C(F)(F)F. The molecule has 0 aliphatic carbocycles. The van der Waals surface area contributed by atoms with E-state index >= 15 is 0 Å². The van der Waals surface area contributed by atoms with Crippen LogP contribution in [0, 0.1) is 23.2 Å². The van der Waals surface area contributed by atoms with Crippen LogP contribution in [-0.4, -0.2) is 17.7 Å². The molecule has 0 saturated carbocycles. The number of halogens is 3. The maximum absolute atomic E-state index is 12.0. The number of nitriles is 1. The van der Waals surface area contributed by atoms with Gasteiger partial charge < -0.3 is 0 Å². The Bertz CT molecular complexity index is 183. The summed E-state index contributed by atoms with van der Waals surface area (Å²) in [6.07, 6.45) is -4.38. The Morgan fingerprint density at radius 2 is 1.85 bits per heavy atom. The maximum atomic E-state index is 12.0. The molecule has 0 N–H and O–H groups in total. The number of thioether (sulfide) groups is 1. The van der Waals surface area contributed by atoms with E-state index in [2.05, 4.69) is 0 Å². The Kier molecular flexibility index (Phi) is 5.23. The van der Waals surface area contributed by atoms with Gasteiger partial charge in [0.1, 0.15) is 0 Å². The first-order valence-corrected chi connectivity index (χ1v) is 5.07. The van der Waals surface area contributed by atoms with Gasteiger partial charge in [0.15, 0.2) is 5.92 Å². The molecule has 0 radical (unpaired) electrons. The quantitative estimate of drug-likeness (QED) is 0.713. The Balaban J connectivity index is 3.83. The minimum absolute atomic E-state index is 0.155. The molecule has 1 nitrogen and oxygen atoms in total. The van der Waals surface area contributed by atoms with Gasteiger partial charge in [0.2, 0.25) is 0 Å². The van der Waals surface area contributed by atoms with Gasteiger partial charge >= 0.3 is 6.18 Å². The summed E-state index contributed by atoms with van der Waals surface area (Å²) in [7, 11) is 0. The molecule has 0 aromatic rings. The van der Waals surface area contributed by atoms with Crippen molar-refractivity contribution in [1.82, 2.24) is 0 Å². The predicted molar refractivity (Wildman–Crippen MR) is 47.3 cm³/mol. The van der Waals surface area contributed by atoms with Gasteiger partial charge in [-0.3, -0.25) is 0 Å². The lowest BCUT2D eigenvalue weighted by Crippen LogP contribution is -2.23. The van der Waals surface area contributed by atoms with E-state index in [1.807, 2.05) is 13.8 Å². The topological polar surface area (TPSA) is 23.8 Å². The fourth-order valence-corrected chi connectivity index (χ4v) is 1.73. The molecule has 1 unspecified atom stereocenters. The zero-order valence-electron chi connectivity index (χ0n) is 7.56. The van der Waals surface area contributed by atoms with Crippen LogP contribution < -0.4 is 0 Å². The van der Waals surface area contributed by atoms with E-state index in [1.165, 1.54) is 17.8 Å². The molecule has 0 rings (SSSR count). The van der Waals surface area contributed by atoms with Crippen molar-refractivity contribution in [2.75, 3.05) is 11.5 Å². The summed E-state index contributed by atoms with van der Waals surface area (Å²) in [4.78, 5) is 0. The van der Waals surface area contributed by atoms with Gasteiger partial charge in [-0.1, -0.05) is 13.8 Å². The molecule has 13 heavy (non-hydrogen) atoms. The van der Waals surface area contributed by atoms with Crippen LogP contribution in [0.4, 0.5) is 13.2 Å². The number of alkyl halides is 3. The molecule has 0 spiro atoms. The third kappa shape index (κ3) is 5.81. The van der Waals surface area contributed by atoms with Gasteiger partial charge in [-0.15, -0.1) is 0 Å². The molecular formula is C8H12F3NS. The van der Waals surface area contributed by atoms with Crippen LogP contribution in [-0.2, 0) is 0 Å². The number of hydrogen-bond acceptors (Lipinski definition) is 2. The van der Waals surface area contributed by atoms with E-state index in [1.54, 1.807) is 0 Å². The van der Waals surface area contributed by atoms with Crippen molar-refractivity contribution in [1.29, 1.82) is 5.26 Å². The van der Waals surface area contributed by atoms with E-state index in [0.29, 0.717) is 11.7 Å². The second kappa shape index (κ2) is 5.38. The zero-order valence-corrected chi connectivity index (χ0v) is 8.37. The van der Waals surface area contributed by atoms with Crippen molar-refractivity contribution in [3.8, 4) is 6.07 Å². The number of hydrogen-bond donors (Lipinski definition) is 0. The molecule has 0 bridgehead atoms. The highest BCUT2D eigenvalue weighted by Gasteiger charge is 2.39. The summed E-state index contributed by atoms with van der Waals surface area (Å²) < 4.78 is 36.0. The van der Waals surface area contributed by atoms with Crippen molar-refractivity contribution in [3.63, 3.8) is 0 Å². The van der Waals surface area contributed by atoms with Crippen LogP contribution in [0.15, 0.2) is 0 Å². The highest BCUT2D eigenvalue weighted by molar-refractivity contribution is 7.99. The molecular weight excluding hydrogens is 199 g/mol. The van der Waals surface area contributed by atoms with E-state index < -0.39 is 12.1 Å². The van der Waals surface area contributed by atoms with Crippen LogP contribution in [0.1, 0.15) is 13.8 Å². The second-order valence-electron chi connectivity index (χ2n) is 3.15. The molecule has 0 amide bonds. The fraction of sp³-hybridized carbons (Fsp3) is 0.875. The molecule has 0 aliphatic rings. The van der Waals surface area contributed by atoms with Crippen LogP contribution in [0.5, 0.6) is 0 Å². The van der Waals surface area contributed by atoms with Crippen LogP contribution >= 0.6 is 11.8 Å². The molecule has 0 aliphatic heterocycles. The molecule has 0 fully saturated rings. The van der Waals surface area contributed by atoms with Crippen molar-refractivity contribution >= 4 is 11.8 Å². The van der Waals surface area contributed by atoms with Crippen LogP contribution in [0.3, 0.4) is 0 Å². The third-order valence-electron chi connectivity index (χ3n) is 1.29. The average Bonchev–Trinajstić information content (AvgIpc) is 1.95. The lowest BCUT2D eigenvalue weighted by Gasteiger charge is -2.13. The lowest BCUT2D eigenvalue weighted by molar-refractivity contribution is -0.152. The van der Waals surface area contributed by atoms with Crippen molar-refractivity contribution in [2.45, 2.75) is 20.0 Å². The standard InChI is InChI=1S/C8H12F3NS/c1-6(2)4-13-5-7(3-12)8(9,10)11/h6-7H,4-5H2,1-2H3. The first-order valence-electron chi connectivity index (χ1n) is 3.92. The zero-order chi connectivity index (χ0) is 10.5. The van der Waals surface area contributed by atoms with Crippen molar-refractivity contribution in [2.24, 2.45) is 11.8 Å². The Labute approximate surface area is 80.3 Å². The molecule has 0 heterocycles. The predicted octanol–water partition coefficient (Wildman–Crippen LogP) is 3.08. The second-order valence-corrected chi connectivity index (χ2v) is 4.23. The highest BCUT2D eigenvalue weighted by atomic mass is 32.2. The van der Waals surface area contributed by atoms with Gasteiger partial charge in [0, 0.05) is 5.75 Å². The molecule has 5 heteroatoms. The summed E-state index contributed by atoms with van der Waals surface area (Å²) in [6, 6.07) is 1.27. The highest BCUT2D eigenvalue weighted by Crippen LogP contribution is 2.28. The van der Waals surface area contributed by atoms with Gasteiger partial charge in [0.25, 0.3) is 0 Å².